The van der Waals surface area contributed by atoms with E-state index in [4.69, 9.17) is 5.73 Å². The standard InChI is InChI=1S/C27H32N2O8/c1-5-7-11(2)10-13-12-8-6-9-14(30)15(12)21(31)17-16(13)22(32)19-20(29(3)4)23(33)18(26(28)36)25(35)27(19,37)24(17)34/h6,8-9,13,16,19-20,22,30-32,35,37H,2,5,7,10H2,1,3-4H3,(H2,28,36)/t13-,16+,19+,20?,22-,27-/m0/s1. The van der Waals surface area contributed by atoms with Crippen LogP contribution in [0.15, 0.2) is 47.3 Å². The molecule has 0 aliphatic heterocycles. The first-order valence-electron chi connectivity index (χ1n) is 12.1. The fraction of sp³-hybridized carbons (Fsp3) is 0.444. The first-order valence-corrected chi connectivity index (χ1v) is 12.1. The molecule has 10 nitrogen and oxygen atoms in total. The summed E-state index contributed by atoms with van der Waals surface area (Å²) in [6.07, 6.45) is 0.107. The second-order valence-electron chi connectivity index (χ2n) is 10.3. The van der Waals surface area contributed by atoms with Crippen molar-refractivity contribution >= 4 is 23.2 Å². The van der Waals surface area contributed by atoms with Gasteiger partial charge in [0.2, 0.25) is 5.78 Å². The molecule has 3 aliphatic rings. The number of hydrogen-bond donors (Lipinski definition) is 6. The van der Waals surface area contributed by atoms with Gasteiger partial charge in [-0.25, -0.2) is 0 Å². The van der Waals surface area contributed by atoms with Crippen molar-refractivity contribution in [1.82, 2.24) is 4.90 Å². The fourth-order valence-electron chi connectivity index (χ4n) is 6.40. The molecule has 0 radical (unpaired) electrons. The Morgan fingerprint density at radius 3 is 2.41 bits per heavy atom. The number of nitrogens with two attached hydrogens (primary N) is 1. The van der Waals surface area contributed by atoms with E-state index in [9.17, 15) is 39.9 Å². The zero-order chi connectivity index (χ0) is 27.6. The summed E-state index contributed by atoms with van der Waals surface area (Å²) in [6.45, 7) is 6.08. The van der Waals surface area contributed by atoms with Gasteiger partial charge in [-0.05, 0) is 44.5 Å². The van der Waals surface area contributed by atoms with E-state index in [1.807, 2.05) is 6.92 Å². The molecule has 0 saturated heterocycles. The van der Waals surface area contributed by atoms with Crippen LogP contribution in [0.4, 0.5) is 0 Å². The highest BCUT2D eigenvalue weighted by Gasteiger charge is 2.68. The summed E-state index contributed by atoms with van der Waals surface area (Å²) in [6, 6.07) is 3.19. The van der Waals surface area contributed by atoms with Gasteiger partial charge in [0.25, 0.3) is 5.91 Å². The van der Waals surface area contributed by atoms with Gasteiger partial charge in [0.05, 0.1) is 23.6 Å². The number of aliphatic hydroxyl groups excluding tert-OH is 3. The smallest absolute Gasteiger partial charge is 0.255 e. The Hall–Kier alpha value is -3.47. The topological polar surface area (TPSA) is 182 Å². The van der Waals surface area contributed by atoms with Crippen LogP contribution < -0.4 is 5.73 Å². The zero-order valence-electron chi connectivity index (χ0n) is 20.9. The Bertz CT molecular complexity index is 1280. The van der Waals surface area contributed by atoms with Crippen molar-refractivity contribution < 1.29 is 39.9 Å². The minimum Gasteiger partial charge on any atom is -0.508 e. The summed E-state index contributed by atoms with van der Waals surface area (Å²) < 4.78 is 0. The van der Waals surface area contributed by atoms with Crippen molar-refractivity contribution in [2.75, 3.05) is 14.1 Å². The van der Waals surface area contributed by atoms with Gasteiger partial charge in [0, 0.05) is 11.5 Å². The van der Waals surface area contributed by atoms with Gasteiger partial charge in [-0.15, -0.1) is 0 Å². The SMILES string of the molecule is C=C(CCC)C[C@H]1c2cccc(O)c2C(O)=C2C(=O)[C@]3(O)C(O)=C(C(N)=O)C(=O)C(N(C)C)[C@@H]3[C@@H](O)[C@@H]21. The average molecular weight is 513 g/mol. The number of carbonyl (C=O) groups is 3. The molecule has 3 aliphatic carbocycles. The highest BCUT2D eigenvalue weighted by molar-refractivity contribution is 6.24. The lowest BCUT2D eigenvalue weighted by Gasteiger charge is -2.54. The fourth-order valence-corrected chi connectivity index (χ4v) is 6.40. The number of benzene rings is 1. The van der Waals surface area contributed by atoms with E-state index in [1.165, 1.54) is 25.1 Å². The quantitative estimate of drug-likeness (QED) is 0.241. The molecule has 0 spiro atoms. The van der Waals surface area contributed by atoms with Crippen LogP contribution in [0.5, 0.6) is 5.75 Å². The Morgan fingerprint density at radius 2 is 1.84 bits per heavy atom. The second kappa shape index (κ2) is 9.13. The summed E-state index contributed by atoms with van der Waals surface area (Å²) in [5.41, 5.74) is 2.31. The third-order valence-electron chi connectivity index (χ3n) is 7.91. The number of phenols is 1. The predicted molar refractivity (Wildman–Crippen MR) is 133 cm³/mol. The molecule has 1 aromatic rings. The van der Waals surface area contributed by atoms with Crippen molar-refractivity contribution in [2.24, 2.45) is 17.6 Å². The first kappa shape index (κ1) is 26.6. The highest BCUT2D eigenvalue weighted by atomic mass is 16.4. The number of hydrogen-bond acceptors (Lipinski definition) is 9. The average Bonchev–Trinajstić information content (AvgIpc) is 2.80. The van der Waals surface area contributed by atoms with Gasteiger partial charge in [-0.2, -0.15) is 0 Å². The Kier molecular flexibility index (Phi) is 6.56. The summed E-state index contributed by atoms with van der Waals surface area (Å²) >= 11 is 0. The number of Topliss-reactive ketones (excluding diaryl/α,β-unsaturated/α-hetero) is 2. The maximum Gasteiger partial charge on any atom is 0.255 e. The van der Waals surface area contributed by atoms with Crippen molar-refractivity contribution in [3.8, 4) is 5.75 Å². The molecule has 198 valence electrons. The van der Waals surface area contributed by atoms with Gasteiger partial charge >= 0.3 is 0 Å². The number of fused-ring (bicyclic) bond motifs is 3. The first-order chi connectivity index (χ1) is 17.3. The number of carbonyl (C=O) groups excluding carboxylic acids is 3. The number of phenolic OH excluding ortho intramolecular Hbond substituents is 1. The van der Waals surface area contributed by atoms with Gasteiger partial charge in [-0.3, -0.25) is 19.3 Å². The number of likely N-dealkylation sites (N-methyl/N-ethyl adjacent to an activating group) is 1. The lowest BCUT2D eigenvalue weighted by Crippen LogP contribution is -2.70. The molecule has 1 saturated carbocycles. The number of amides is 1. The summed E-state index contributed by atoms with van der Waals surface area (Å²) in [5.74, 6) is -9.04. The van der Waals surface area contributed by atoms with Crippen molar-refractivity contribution in [3.05, 3.63) is 58.4 Å². The molecule has 1 fully saturated rings. The number of aromatic hydroxyl groups is 1. The van der Waals surface area contributed by atoms with Crippen molar-refractivity contribution in [1.29, 1.82) is 0 Å². The number of rotatable bonds is 6. The van der Waals surface area contributed by atoms with Crippen molar-refractivity contribution in [3.63, 3.8) is 0 Å². The largest absolute Gasteiger partial charge is 0.508 e. The van der Waals surface area contributed by atoms with Gasteiger partial charge < -0.3 is 31.3 Å². The second-order valence-corrected chi connectivity index (χ2v) is 10.3. The minimum atomic E-state index is -2.93. The number of aliphatic hydroxyl groups is 4. The van der Waals surface area contributed by atoms with E-state index in [0.717, 1.165) is 12.0 Å². The Labute approximate surface area is 214 Å². The van der Waals surface area contributed by atoms with E-state index in [0.29, 0.717) is 12.0 Å². The molecule has 0 bridgehead atoms. The summed E-state index contributed by atoms with van der Waals surface area (Å²) in [7, 11) is 2.94. The van der Waals surface area contributed by atoms with Crippen LogP contribution in [0.2, 0.25) is 0 Å². The van der Waals surface area contributed by atoms with E-state index in [2.05, 4.69) is 6.58 Å². The molecular formula is C27H32N2O8. The molecule has 1 unspecified atom stereocenters. The molecular weight excluding hydrogens is 480 g/mol. The van der Waals surface area contributed by atoms with Crippen LogP contribution in [0.1, 0.15) is 43.2 Å². The maximum absolute atomic E-state index is 14.0. The van der Waals surface area contributed by atoms with E-state index < -0.39 is 75.6 Å². The third-order valence-corrected chi connectivity index (χ3v) is 7.91. The molecule has 0 heterocycles. The number of primary amides is 1. The van der Waals surface area contributed by atoms with Crippen LogP contribution in [-0.2, 0) is 14.4 Å². The molecule has 0 aromatic heterocycles. The Morgan fingerprint density at radius 1 is 1.19 bits per heavy atom. The van der Waals surface area contributed by atoms with E-state index in [1.54, 1.807) is 12.1 Å². The molecule has 4 rings (SSSR count). The zero-order valence-corrected chi connectivity index (χ0v) is 20.9. The monoisotopic (exact) mass is 512 g/mol. The molecule has 1 aromatic carbocycles. The van der Waals surface area contributed by atoms with Crippen LogP contribution in [0, 0.1) is 11.8 Å². The predicted octanol–water partition coefficient (Wildman–Crippen LogP) is 1.22. The summed E-state index contributed by atoms with van der Waals surface area (Å²) in [5, 5.41) is 56.4. The molecule has 7 N–H and O–H groups in total. The number of allylic oxidation sites excluding steroid dienone is 1. The summed E-state index contributed by atoms with van der Waals surface area (Å²) in [4.78, 5) is 40.8. The van der Waals surface area contributed by atoms with Crippen LogP contribution >= 0.6 is 0 Å². The van der Waals surface area contributed by atoms with Crippen LogP contribution in [0.25, 0.3) is 5.76 Å². The van der Waals surface area contributed by atoms with Gasteiger partial charge in [0.1, 0.15) is 22.8 Å². The van der Waals surface area contributed by atoms with Crippen LogP contribution in [0.3, 0.4) is 0 Å². The highest BCUT2D eigenvalue weighted by Crippen LogP contribution is 2.57. The lowest BCUT2D eigenvalue weighted by atomic mass is 9.53. The van der Waals surface area contributed by atoms with E-state index >= 15 is 0 Å². The Balaban J connectivity index is 2.04. The van der Waals surface area contributed by atoms with Crippen molar-refractivity contribution in [2.45, 2.75) is 49.9 Å². The maximum atomic E-state index is 14.0. The lowest BCUT2D eigenvalue weighted by molar-refractivity contribution is -0.169. The molecule has 37 heavy (non-hydrogen) atoms. The van der Waals surface area contributed by atoms with Gasteiger partial charge in [-0.1, -0.05) is 37.6 Å². The number of nitrogens with zero attached hydrogens (tertiary/aromatic N) is 1. The normalized spacial score (nSPS) is 31.2. The third kappa shape index (κ3) is 3.62. The number of ketones is 2. The minimum absolute atomic E-state index is 0.0275. The molecule has 10 heteroatoms. The molecule has 1 amide bonds. The van der Waals surface area contributed by atoms with E-state index in [-0.39, 0.29) is 17.7 Å². The van der Waals surface area contributed by atoms with Crippen LogP contribution in [-0.4, -0.2) is 79.7 Å². The molecule has 6 atom stereocenters. The van der Waals surface area contributed by atoms with Gasteiger partial charge in [0.15, 0.2) is 11.4 Å².